The van der Waals surface area contributed by atoms with Crippen LogP contribution in [0.4, 0.5) is 5.13 Å². The molecule has 0 saturated carbocycles. The first kappa shape index (κ1) is 12.5. The lowest BCUT2D eigenvalue weighted by Gasteiger charge is -2.26. The van der Waals surface area contributed by atoms with Gasteiger partial charge in [0.2, 0.25) is 5.13 Å². The number of aryl methyl sites for hydroxylation is 1. The first-order valence-corrected chi connectivity index (χ1v) is 7.65. The van der Waals surface area contributed by atoms with E-state index in [1.807, 2.05) is 25.1 Å². The summed E-state index contributed by atoms with van der Waals surface area (Å²) < 4.78 is 2.19. The van der Waals surface area contributed by atoms with E-state index >= 15 is 0 Å². The predicted octanol–water partition coefficient (Wildman–Crippen LogP) is 2.13. The highest BCUT2D eigenvalue weighted by atomic mass is 32.1. The van der Waals surface area contributed by atoms with Crippen molar-refractivity contribution in [1.29, 1.82) is 0 Å². The monoisotopic (exact) mass is 298 g/mol. The number of fused-ring (bicyclic) bond motifs is 1. The highest BCUT2D eigenvalue weighted by Crippen LogP contribution is 2.26. The molecule has 1 aromatic carbocycles. The number of nitrogens with zero attached hydrogens (tertiary/aromatic N) is 6. The zero-order valence-corrected chi connectivity index (χ0v) is 12.4. The third-order valence-electron chi connectivity index (χ3n) is 3.57. The molecule has 4 rings (SSSR count). The van der Waals surface area contributed by atoms with Gasteiger partial charge in [-0.25, -0.2) is 0 Å². The summed E-state index contributed by atoms with van der Waals surface area (Å²) in [6.45, 7) is 4.47. The SMILES string of the molecule is Cc1nnc(N2CCn3c(nnc3-c3ccccc3)C2)s1. The molecule has 0 unspecified atom stereocenters. The standard InChI is InChI=1S/C14H14N6S/c1-10-15-18-14(21-10)19-7-8-20-12(9-19)16-17-13(20)11-5-3-2-4-6-11/h2-6H,7-9H2,1H3. The lowest BCUT2D eigenvalue weighted by atomic mass is 10.2. The molecule has 7 heteroatoms. The van der Waals surface area contributed by atoms with Crippen LogP contribution in [-0.2, 0) is 13.1 Å². The summed E-state index contributed by atoms with van der Waals surface area (Å²) in [7, 11) is 0. The Balaban J connectivity index is 1.65. The topological polar surface area (TPSA) is 59.7 Å². The van der Waals surface area contributed by atoms with E-state index in [9.17, 15) is 0 Å². The third-order valence-corrected chi connectivity index (χ3v) is 4.47. The van der Waals surface area contributed by atoms with Gasteiger partial charge in [-0.2, -0.15) is 0 Å². The summed E-state index contributed by atoms with van der Waals surface area (Å²) in [5.74, 6) is 1.92. The van der Waals surface area contributed by atoms with Crippen molar-refractivity contribution in [3.63, 3.8) is 0 Å². The van der Waals surface area contributed by atoms with Gasteiger partial charge in [0.25, 0.3) is 0 Å². The van der Waals surface area contributed by atoms with E-state index < -0.39 is 0 Å². The van der Waals surface area contributed by atoms with E-state index in [2.05, 4.69) is 42.0 Å². The van der Waals surface area contributed by atoms with Crippen molar-refractivity contribution < 1.29 is 0 Å². The molecule has 0 fully saturated rings. The Morgan fingerprint density at radius 1 is 1.00 bits per heavy atom. The maximum absolute atomic E-state index is 4.36. The smallest absolute Gasteiger partial charge is 0.208 e. The molecule has 0 amide bonds. The molecule has 2 aromatic heterocycles. The van der Waals surface area contributed by atoms with Gasteiger partial charge in [0.15, 0.2) is 11.6 Å². The van der Waals surface area contributed by atoms with E-state index in [0.717, 1.165) is 47.0 Å². The Morgan fingerprint density at radius 3 is 2.62 bits per heavy atom. The molecule has 3 heterocycles. The minimum atomic E-state index is 0.731. The lowest BCUT2D eigenvalue weighted by Crippen LogP contribution is -2.34. The van der Waals surface area contributed by atoms with Crippen molar-refractivity contribution in [2.45, 2.75) is 20.0 Å². The molecule has 0 atom stereocenters. The average Bonchev–Trinajstić information content (AvgIpc) is 3.13. The van der Waals surface area contributed by atoms with Crippen molar-refractivity contribution in [1.82, 2.24) is 25.0 Å². The second kappa shape index (κ2) is 4.92. The Labute approximate surface area is 126 Å². The number of benzene rings is 1. The van der Waals surface area contributed by atoms with Gasteiger partial charge in [-0.15, -0.1) is 20.4 Å². The molecule has 0 aliphatic carbocycles. The van der Waals surface area contributed by atoms with Crippen LogP contribution in [0, 0.1) is 6.92 Å². The van der Waals surface area contributed by atoms with E-state index in [-0.39, 0.29) is 0 Å². The normalized spacial score (nSPS) is 14.2. The highest BCUT2D eigenvalue weighted by molar-refractivity contribution is 7.15. The largest absolute Gasteiger partial charge is 0.337 e. The fourth-order valence-electron chi connectivity index (χ4n) is 2.54. The van der Waals surface area contributed by atoms with Gasteiger partial charge in [0, 0.05) is 18.7 Å². The summed E-state index contributed by atoms with van der Waals surface area (Å²) in [5.41, 5.74) is 1.11. The molecule has 0 bridgehead atoms. The van der Waals surface area contributed by atoms with Gasteiger partial charge in [0.1, 0.15) is 5.01 Å². The second-order valence-electron chi connectivity index (χ2n) is 4.98. The van der Waals surface area contributed by atoms with E-state index in [0.29, 0.717) is 0 Å². The minimum absolute atomic E-state index is 0.731. The van der Waals surface area contributed by atoms with Gasteiger partial charge < -0.3 is 9.47 Å². The molecule has 6 nitrogen and oxygen atoms in total. The average molecular weight is 298 g/mol. The molecular weight excluding hydrogens is 284 g/mol. The van der Waals surface area contributed by atoms with Gasteiger partial charge in [-0.05, 0) is 6.92 Å². The molecule has 1 aliphatic rings. The van der Waals surface area contributed by atoms with Crippen LogP contribution in [0.2, 0.25) is 0 Å². The number of aromatic nitrogens is 5. The van der Waals surface area contributed by atoms with Crippen LogP contribution >= 0.6 is 11.3 Å². The van der Waals surface area contributed by atoms with Crippen LogP contribution in [0.3, 0.4) is 0 Å². The third kappa shape index (κ3) is 2.19. The summed E-state index contributed by atoms with van der Waals surface area (Å²) in [6.07, 6.45) is 0. The maximum Gasteiger partial charge on any atom is 0.208 e. The van der Waals surface area contributed by atoms with Crippen LogP contribution < -0.4 is 4.90 Å². The molecule has 3 aromatic rings. The fraction of sp³-hybridized carbons (Fsp3) is 0.286. The fourth-order valence-corrected chi connectivity index (χ4v) is 3.25. The summed E-state index contributed by atoms with van der Waals surface area (Å²) in [5, 5.41) is 18.9. The zero-order valence-electron chi connectivity index (χ0n) is 11.6. The van der Waals surface area contributed by atoms with Gasteiger partial charge >= 0.3 is 0 Å². The first-order chi connectivity index (χ1) is 10.3. The summed E-state index contributed by atoms with van der Waals surface area (Å²) in [4.78, 5) is 2.21. The van der Waals surface area contributed by atoms with Gasteiger partial charge in [-0.3, -0.25) is 0 Å². The molecule has 106 valence electrons. The van der Waals surface area contributed by atoms with Crippen molar-refractivity contribution >= 4 is 16.5 Å². The van der Waals surface area contributed by atoms with Crippen LogP contribution in [-0.4, -0.2) is 31.5 Å². The van der Waals surface area contributed by atoms with Gasteiger partial charge in [-0.1, -0.05) is 41.7 Å². The predicted molar refractivity (Wildman–Crippen MR) is 81.2 cm³/mol. The van der Waals surface area contributed by atoms with Crippen molar-refractivity contribution in [2.24, 2.45) is 0 Å². The van der Waals surface area contributed by atoms with Crippen LogP contribution in [0.15, 0.2) is 30.3 Å². The summed E-state index contributed by atoms with van der Waals surface area (Å²) >= 11 is 1.62. The van der Waals surface area contributed by atoms with Crippen molar-refractivity contribution in [3.8, 4) is 11.4 Å². The maximum atomic E-state index is 4.36. The quantitative estimate of drug-likeness (QED) is 0.725. The Morgan fingerprint density at radius 2 is 1.86 bits per heavy atom. The van der Waals surface area contributed by atoms with Gasteiger partial charge in [0.05, 0.1) is 6.54 Å². The second-order valence-corrected chi connectivity index (χ2v) is 6.14. The van der Waals surface area contributed by atoms with Crippen LogP contribution in [0.5, 0.6) is 0 Å². The Hall–Kier alpha value is -2.28. The molecule has 0 radical (unpaired) electrons. The zero-order chi connectivity index (χ0) is 14.2. The molecule has 0 spiro atoms. The summed E-state index contributed by atoms with van der Waals surface area (Å²) in [6, 6.07) is 10.2. The minimum Gasteiger partial charge on any atom is -0.337 e. The number of rotatable bonds is 2. The van der Waals surface area contributed by atoms with Crippen molar-refractivity contribution in [3.05, 3.63) is 41.2 Å². The number of hydrogen-bond donors (Lipinski definition) is 0. The van der Waals surface area contributed by atoms with E-state index in [1.54, 1.807) is 11.3 Å². The lowest BCUT2D eigenvalue weighted by molar-refractivity contribution is 0.561. The molecule has 0 N–H and O–H groups in total. The Bertz CT molecular complexity index is 763. The van der Waals surface area contributed by atoms with E-state index in [4.69, 9.17) is 0 Å². The van der Waals surface area contributed by atoms with Crippen LogP contribution in [0.25, 0.3) is 11.4 Å². The van der Waals surface area contributed by atoms with Crippen molar-refractivity contribution in [2.75, 3.05) is 11.4 Å². The molecular formula is C14H14N6S. The molecule has 0 saturated heterocycles. The van der Waals surface area contributed by atoms with E-state index in [1.165, 1.54) is 0 Å². The molecule has 1 aliphatic heterocycles. The number of hydrogen-bond acceptors (Lipinski definition) is 6. The van der Waals surface area contributed by atoms with Crippen LogP contribution in [0.1, 0.15) is 10.8 Å². The Kier molecular flexibility index (Phi) is 2.92. The highest BCUT2D eigenvalue weighted by Gasteiger charge is 2.23. The first-order valence-electron chi connectivity index (χ1n) is 6.84. The molecule has 21 heavy (non-hydrogen) atoms. The number of anilines is 1.